The third-order valence-electron chi connectivity index (χ3n) is 4.46. The number of hydrogen-bond donors (Lipinski definition) is 1. The highest BCUT2D eigenvalue weighted by atomic mass is 32.2. The van der Waals surface area contributed by atoms with Crippen molar-refractivity contribution < 1.29 is 13.2 Å². The molecule has 1 amide bonds. The van der Waals surface area contributed by atoms with Crippen molar-refractivity contribution in [2.45, 2.75) is 25.7 Å². The van der Waals surface area contributed by atoms with Gasteiger partial charge in [-0.15, -0.1) is 11.3 Å². The first-order valence-corrected chi connectivity index (χ1v) is 11.6. The molecular formula is C22H23N3O3S2. The summed E-state index contributed by atoms with van der Waals surface area (Å²) in [4.78, 5) is 13.6. The monoisotopic (exact) mass is 441 g/mol. The Bertz CT molecular complexity index is 1170. The lowest BCUT2D eigenvalue weighted by atomic mass is 10.2. The number of sulfonamides is 1. The molecule has 30 heavy (non-hydrogen) atoms. The molecule has 0 atom stereocenters. The van der Waals surface area contributed by atoms with E-state index in [1.807, 2.05) is 38.3 Å². The number of thiophene rings is 1. The summed E-state index contributed by atoms with van der Waals surface area (Å²) >= 11 is 1.51. The molecule has 6 nitrogen and oxygen atoms in total. The van der Waals surface area contributed by atoms with Gasteiger partial charge >= 0.3 is 0 Å². The first kappa shape index (κ1) is 21.7. The Hall–Kier alpha value is -2.97. The molecular weight excluding hydrogens is 418 g/mol. The van der Waals surface area contributed by atoms with E-state index in [-0.39, 0.29) is 11.4 Å². The lowest BCUT2D eigenvalue weighted by Gasteiger charge is -2.24. The van der Waals surface area contributed by atoms with Crippen LogP contribution in [-0.2, 0) is 14.8 Å². The molecule has 0 radical (unpaired) electrons. The highest BCUT2D eigenvalue weighted by Gasteiger charge is 2.27. The van der Waals surface area contributed by atoms with Gasteiger partial charge in [-0.05, 0) is 67.6 Å². The van der Waals surface area contributed by atoms with Crippen LogP contribution in [0.15, 0.2) is 70.0 Å². The highest BCUT2D eigenvalue weighted by Crippen LogP contribution is 2.24. The number of carbonyl (C=O) groups is 1. The second-order valence-corrected chi connectivity index (χ2v) is 9.73. The van der Waals surface area contributed by atoms with E-state index in [0.717, 1.165) is 25.9 Å². The third-order valence-corrected chi connectivity index (χ3v) is 7.20. The largest absolute Gasteiger partial charge is 0.271 e. The Labute approximate surface area is 180 Å². The minimum atomic E-state index is -3.93. The molecule has 156 valence electrons. The van der Waals surface area contributed by atoms with Crippen molar-refractivity contribution in [1.29, 1.82) is 0 Å². The van der Waals surface area contributed by atoms with E-state index in [1.54, 1.807) is 48.7 Å². The van der Waals surface area contributed by atoms with E-state index in [4.69, 9.17) is 0 Å². The van der Waals surface area contributed by atoms with Crippen LogP contribution < -0.4 is 9.73 Å². The molecule has 0 fully saturated rings. The molecule has 0 spiro atoms. The number of amides is 1. The second-order valence-electron chi connectivity index (χ2n) is 6.92. The standard InChI is InChI=1S/C22H23N3O3S2/c1-16-7-9-20(10-8-16)30(27,28)25(19-6-4-5-17(2)13-19)15-22(26)24-23-14-21-18(3)11-12-29-21/h4-14H,15H2,1-3H3,(H,24,26)/b23-14-. The molecule has 0 aliphatic heterocycles. The maximum atomic E-state index is 13.3. The van der Waals surface area contributed by atoms with E-state index >= 15 is 0 Å². The summed E-state index contributed by atoms with van der Waals surface area (Å²) in [6.07, 6.45) is 1.56. The van der Waals surface area contributed by atoms with Crippen molar-refractivity contribution in [2.75, 3.05) is 10.8 Å². The van der Waals surface area contributed by atoms with Crippen molar-refractivity contribution in [1.82, 2.24) is 5.43 Å². The topological polar surface area (TPSA) is 78.8 Å². The van der Waals surface area contributed by atoms with Gasteiger partial charge in [-0.1, -0.05) is 29.8 Å². The van der Waals surface area contributed by atoms with Crippen LogP contribution in [0.5, 0.6) is 0 Å². The Balaban J connectivity index is 1.86. The van der Waals surface area contributed by atoms with E-state index < -0.39 is 15.9 Å². The molecule has 0 saturated carbocycles. The van der Waals surface area contributed by atoms with Crippen molar-refractivity contribution in [3.63, 3.8) is 0 Å². The van der Waals surface area contributed by atoms with Crippen molar-refractivity contribution in [3.8, 4) is 0 Å². The van der Waals surface area contributed by atoms with E-state index in [2.05, 4.69) is 10.5 Å². The number of carbonyl (C=O) groups excluding carboxylic acids is 1. The summed E-state index contributed by atoms with van der Waals surface area (Å²) in [6.45, 7) is 5.32. The van der Waals surface area contributed by atoms with Gasteiger partial charge in [0.05, 0.1) is 16.8 Å². The number of nitrogens with zero attached hydrogens (tertiary/aromatic N) is 2. The predicted molar refractivity (Wildman–Crippen MR) is 122 cm³/mol. The van der Waals surface area contributed by atoms with Gasteiger partial charge in [-0.3, -0.25) is 9.10 Å². The molecule has 0 aliphatic carbocycles. The fourth-order valence-electron chi connectivity index (χ4n) is 2.78. The summed E-state index contributed by atoms with van der Waals surface area (Å²) in [6, 6.07) is 15.5. The summed E-state index contributed by atoms with van der Waals surface area (Å²) in [7, 11) is -3.93. The molecule has 8 heteroatoms. The van der Waals surface area contributed by atoms with Gasteiger partial charge in [-0.25, -0.2) is 13.8 Å². The summed E-state index contributed by atoms with van der Waals surface area (Å²) in [5.74, 6) is -0.530. The van der Waals surface area contributed by atoms with E-state index in [9.17, 15) is 13.2 Å². The molecule has 1 N–H and O–H groups in total. The smallest absolute Gasteiger partial charge is 0.264 e. The van der Waals surface area contributed by atoms with Crippen molar-refractivity contribution >= 4 is 39.2 Å². The first-order chi connectivity index (χ1) is 14.3. The fraction of sp³-hybridized carbons (Fsp3) is 0.182. The number of nitrogens with one attached hydrogen (secondary N) is 1. The molecule has 0 saturated heterocycles. The lowest BCUT2D eigenvalue weighted by Crippen LogP contribution is -2.39. The minimum absolute atomic E-state index is 0.125. The van der Waals surface area contributed by atoms with Crippen LogP contribution in [0.4, 0.5) is 5.69 Å². The molecule has 1 aromatic heterocycles. The van der Waals surface area contributed by atoms with Gasteiger partial charge in [0, 0.05) is 4.88 Å². The quantitative estimate of drug-likeness (QED) is 0.444. The molecule has 1 heterocycles. The molecule has 2 aromatic carbocycles. The Morgan fingerprint density at radius 2 is 1.80 bits per heavy atom. The van der Waals surface area contributed by atoms with Gasteiger partial charge in [-0.2, -0.15) is 5.10 Å². The second kappa shape index (κ2) is 9.23. The van der Waals surface area contributed by atoms with Gasteiger partial charge in [0.25, 0.3) is 15.9 Å². The Kier molecular flexibility index (Phi) is 6.69. The van der Waals surface area contributed by atoms with Gasteiger partial charge < -0.3 is 0 Å². The Morgan fingerprint density at radius 3 is 2.43 bits per heavy atom. The molecule has 0 aliphatic rings. The molecule has 3 rings (SSSR count). The summed E-state index contributed by atoms with van der Waals surface area (Å²) in [5, 5.41) is 5.91. The minimum Gasteiger partial charge on any atom is -0.271 e. The number of rotatable bonds is 7. The van der Waals surface area contributed by atoms with Crippen molar-refractivity contribution in [3.05, 3.63) is 81.5 Å². The highest BCUT2D eigenvalue weighted by molar-refractivity contribution is 7.92. The maximum Gasteiger partial charge on any atom is 0.264 e. The van der Waals surface area contributed by atoms with Crippen LogP contribution in [0.2, 0.25) is 0 Å². The van der Waals surface area contributed by atoms with Crippen molar-refractivity contribution in [2.24, 2.45) is 5.10 Å². The van der Waals surface area contributed by atoms with Crippen LogP contribution in [0.1, 0.15) is 21.6 Å². The maximum absolute atomic E-state index is 13.3. The summed E-state index contributed by atoms with van der Waals surface area (Å²) < 4.78 is 27.7. The number of hydrazone groups is 1. The average molecular weight is 442 g/mol. The molecule has 0 bridgehead atoms. The van der Waals surface area contributed by atoms with Crippen LogP contribution >= 0.6 is 11.3 Å². The SMILES string of the molecule is Cc1ccc(S(=O)(=O)N(CC(=O)N/N=C\c2sccc2C)c2cccc(C)c2)cc1. The van der Waals surface area contributed by atoms with Crippen LogP contribution in [0.25, 0.3) is 0 Å². The number of anilines is 1. The number of hydrogen-bond acceptors (Lipinski definition) is 5. The molecule has 3 aromatic rings. The van der Waals surface area contributed by atoms with Crippen LogP contribution in [-0.4, -0.2) is 27.1 Å². The normalized spacial score (nSPS) is 11.6. The van der Waals surface area contributed by atoms with Gasteiger partial charge in [0.15, 0.2) is 0 Å². The number of aryl methyl sites for hydroxylation is 3. The zero-order chi connectivity index (χ0) is 21.7. The van der Waals surface area contributed by atoms with Gasteiger partial charge in [0.1, 0.15) is 6.54 Å². The summed E-state index contributed by atoms with van der Waals surface area (Å²) in [5.41, 5.74) is 5.75. The zero-order valence-electron chi connectivity index (χ0n) is 17.0. The average Bonchev–Trinajstić information content (AvgIpc) is 3.11. The van der Waals surface area contributed by atoms with E-state index in [0.29, 0.717) is 5.69 Å². The van der Waals surface area contributed by atoms with Crippen LogP contribution in [0, 0.1) is 20.8 Å². The van der Waals surface area contributed by atoms with Gasteiger partial charge in [0.2, 0.25) is 0 Å². The Morgan fingerprint density at radius 1 is 1.07 bits per heavy atom. The zero-order valence-corrected chi connectivity index (χ0v) is 18.6. The van der Waals surface area contributed by atoms with Crippen LogP contribution in [0.3, 0.4) is 0 Å². The first-order valence-electron chi connectivity index (χ1n) is 9.29. The number of benzene rings is 2. The predicted octanol–water partition coefficient (Wildman–Crippen LogP) is 4.02. The fourth-order valence-corrected chi connectivity index (χ4v) is 4.98. The lowest BCUT2D eigenvalue weighted by molar-refractivity contribution is -0.119. The molecule has 0 unspecified atom stereocenters. The van der Waals surface area contributed by atoms with E-state index in [1.165, 1.54) is 11.3 Å². The third kappa shape index (κ3) is 5.14.